The number of carboxylic acid groups (broad SMARTS) is 1. The lowest BCUT2D eigenvalue weighted by molar-refractivity contribution is -0.142. The third kappa shape index (κ3) is 5.70. The van der Waals surface area contributed by atoms with Gasteiger partial charge in [0.1, 0.15) is 6.04 Å². The molecule has 0 heterocycles. The Morgan fingerprint density at radius 3 is 2.31 bits per heavy atom. The Morgan fingerprint density at radius 2 is 1.94 bits per heavy atom. The van der Waals surface area contributed by atoms with Crippen LogP contribution in [-0.2, 0) is 9.59 Å². The Bertz CT molecular complexity index is 241. The molecule has 16 heavy (non-hydrogen) atoms. The molecule has 5 heteroatoms. The van der Waals surface area contributed by atoms with Crippen molar-refractivity contribution in [2.24, 2.45) is 11.7 Å². The van der Waals surface area contributed by atoms with Crippen LogP contribution >= 0.6 is 0 Å². The van der Waals surface area contributed by atoms with Crippen molar-refractivity contribution in [3.8, 4) is 0 Å². The molecule has 0 spiro atoms. The molecule has 0 radical (unpaired) electrons. The molecule has 0 aromatic heterocycles. The van der Waals surface area contributed by atoms with Crippen molar-refractivity contribution in [1.82, 2.24) is 5.32 Å². The number of aliphatic carboxylic acids is 1. The van der Waals surface area contributed by atoms with Crippen molar-refractivity contribution in [1.29, 1.82) is 0 Å². The molecule has 2 unspecified atom stereocenters. The quantitative estimate of drug-likeness (QED) is 0.601. The van der Waals surface area contributed by atoms with Crippen LogP contribution < -0.4 is 11.1 Å². The Labute approximate surface area is 96.4 Å². The SMILES string of the molecule is CCCC(N)C(=O)NC(CC(C)C)C(=O)O. The summed E-state index contributed by atoms with van der Waals surface area (Å²) in [5.74, 6) is -1.18. The van der Waals surface area contributed by atoms with E-state index in [0.717, 1.165) is 6.42 Å². The van der Waals surface area contributed by atoms with Gasteiger partial charge < -0.3 is 16.2 Å². The van der Waals surface area contributed by atoms with Gasteiger partial charge in [-0.3, -0.25) is 4.79 Å². The van der Waals surface area contributed by atoms with Crippen molar-refractivity contribution in [3.63, 3.8) is 0 Å². The van der Waals surface area contributed by atoms with Gasteiger partial charge in [-0.25, -0.2) is 4.79 Å². The fourth-order valence-electron chi connectivity index (χ4n) is 1.41. The summed E-state index contributed by atoms with van der Waals surface area (Å²) in [6, 6.07) is -1.45. The van der Waals surface area contributed by atoms with Crippen LogP contribution in [0, 0.1) is 5.92 Å². The van der Waals surface area contributed by atoms with Crippen molar-refractivity contribution in [2.75, 3.05) is 0 Å². The summed E-state index contributed by atoms with van der Waals surface area (Å²) in [4.78, 5) is 22.4. The largest absolute Gasteiger partial charge is 0.480 e. The highest BCUT2D eigenvalue weighted by Crippen LogP contribution is 2.05. The summed E-state index contributed by atoms with van der Waals surface area (Å²) >= 11 is 0. The van der Waals surface area contributed by atoms with Crippen LogP contribution in [0.15, 0.2) is 0 Å². The van der Waals surface area contributed by atoms with Gasteiger partial charge in [-0.15, -0.1) is 0 Å². The zero-order valence-corrected chi connectivity index (χ0v) is 10.2. The number of nitrogens with one attached hydrogen (secondary N) is 1. The molecular weight excluding hydrogens is 208 g/mol. The van der Waals surface area contributed by atoms with Crippen LogP contribution in [0.4, 0.5) is 0 Å². The van der Waals surface area contributed by atoms with E-state index in [4.69, 9.17) is 10.8 Å². The van der Waals surface area contributed by atoms with E-state index in [1.807, 2.05) is 20.8 Å². The van der Waals surface area contributed by atoms with Gasteiger partial charge >= 0.3 is 5.97 Å². The van der Waals surface area contributed by atoms with Crippen LogP contribution in [0.5, 0.6) is 0 Å². The lowest BCUT2D eigenvalue weighted by Gasteiger charge is -2.18. The van der Waals surface area contributed by atoms with Crippen molar-refractivity contribution < 1.29 is 14.7 Å². The van der Waals surface area contributed by atoms with Crippen molar-refractivity contribution in [3.05, 3.63) is 0 Å². The molecule has 0 aliphatic heterocycles. The number of carboxylic acids is 1. The Hall–Kier alpha value is -1.10. The number of hydrogen-bond acceptors (Lipinski definition) is 3. The molecule has 2 atom stereocenters. The summed E-state index contributed by atoms with van der Waals surface area (Å²) < 4.78 is 0. The molecule has 1 amide bonds. The molecule has 0 saturated carbocycles. The highest BCUT2D eigenvalue weighted by atomic mass is 16.4. The fraction of sp³-hybridized carbons (Fsp3) is 0.818. The Morgan fingerprint density at radius 1 is 1.38 bits per heavy atom. The highest BCUT2D eigenvalue weighted by Gasteiger charge is 2.23. The van der Waals surface area contributed by atoms with Gasteiger partial charge in [0, 0.05) is 0 Å². The molecule has 0 aromatic carbocycles. The molecule has 5 nitrogen and oxygen atoms in total. The van der Waals surface area contributed by atoms with E-state index >= 15 is 0 Å². The van der Waals surface area contributed by atoms with E-state index in [1.54, 1.807) is 0 Å². The first kappa shape index (κ1) is 14.9. The van der Waals surface area contributed by atoms with Gasteiger partial charge in [-0.1, -0.05) is 27.2 Å². The minimum Gasteiger partial charge on any atom is -0.480 e. The maximum Gasteiger partial charge on any atom is 0.326 e. The van der Waals surface area contributed by atoms with E-state index in [1.165, 1.54) is 0 Å². The van der Waals surface area contributed by atoms with Crippen LogP contribution in [0.1, 0.15) is 40.0 Å². The first-order valence-electron chi connectivity index (χ1n) is 5.67. The highest BCUT2D eigenvalue weighted by molar-refractivity contribution is 5.86. The topological polar surface area (TPSA) is 92.4 Å². The fourth-order valence-corrected chi connectivity index (χ4v) is 1.41. The predicted molar refractivity (Wildman–Crippen MR) is 61.9 cm³/mol. The van der Waals surface area contributed by atoms with Gasteiger partial charge in [0.05, 0.1) is 6.04 Å². The van der Waals surface area contributed by atoms with E-state index in [2.05, 4.69) is 5.32 Å². The Balaban J connectivity index is 4.28. The molecule has 0 aromatic rings. The zero-order valence-electron chi connectivity index (χ0n) is 10.2. The summed E-state index contributed by atoms with van der Waals surface area (Å²) in [5, 5.41) is 11.4. The minimum atomic E-state index is -1.01. The maximum atomic E-state index is 11.5. The monoisotopic (exact) mass is 230 g/mol. The van der Waals surface area contributed by atoms with Crippen molar-refractivity contribution >= 4 is 11.9 Å². The number of rotatable bonds is 7. The summed E-state index contributed by atoms with van der Waals surface area (Å²) in [6.07, 6.45) is 1.79. The first-order valence-corrected chi connectivity index (χ1v) is 5.67. The average molecular weight is 230 g/mol. The van der Waals surface area contributed by atoms with Gasteiger partial charge in [0.2, 0.25) is 5.91 Å². The number of carbonyl (C=O) groups excluding carboxylic acids is 1. The average Bonchev–Trinajstić information content (AvgIpc) is 2.16. The second-order valence-electron chi connectivity index (χ2n) is 4.42. The van der Waals surface area contributed by atoms with Crippen LogP contribution in [0.25, 0.3) is 0 Å². The summed E-state index contributed by atoms with van der Waals surface area (Å²) in [5.41, 5.74) is 5.60. The predicted octanol–water partition coefficient (Wildman–Crippen LogP) is 0.729. The second kappa shape index (κ2) is 7.22. The van der Waals surface area contributed by atoms with Crippen LogP contribution in [0.2, 0.25) is 0 Å². The van der Waals surface area contributed by atoms with E-state index in [0.29, 0.717) is 12.8 Å². The Kier molecular flexibility index (Phi) is 6.72. The molecule has 0 rings (SSSR count). The third-order valence-electron chi connectivity index (χ3n) is 2.26. The van der Waals surface area contributed by atoms with Gasteiger partial charge in [-0.05, 0) is 18.8 Å². The van der Waals surface area contributed by atoms with Gasteiger partial charge in [0.15, 0.2) is 0 Å². The standard InChI is InChI=1S/C11H22N2O3/c1-4-5-8(12)10(14)13-9(11(15)16)6-7(2)3/h7-9H,4-6,12H2,1-3H3,(H,13,14)(H,15,16). The lowest BCUT2D eigenvalue weighted by Crippen LogP contribution is -2.48. The van der Waals surface area contributed by atoms with Crippen molar-refractivity contribution in [2.45, 2.75) is 52.1 Å². The second-order valence-corrected chi connectivity index (χ2v) is 4.42. The lowest BCUT2D eigenvalue weighted by atomic mass is 10.0. The van der Waals surface area contributed by atoms with Gasteiger partial charge in [0.25, 0.3) is 0 Å². The van der Waals surface area contributed by atoms with Gasteiger partial charge in [-0.2, -0.15) is 0 Å². The molecule has 94 valence electrons. The molecule has 0 fully saturated rings. The van der Waals surface area contributed by atoms with Crippen LogP contribution in [-0.4, -0.2) is 29.1 Å². The minimum absolute atomic E-state index is 0.212. The normalized spacial score (nSPS) is 14.6. The summed E-state index contributed by atoms with van der Waals surface area (Å²) in [7, 11) is 0. The first-order chi connectivity index (χ1) is 7.38. The number of carbonyl (C=O) groups is 2. The molecule has 0 saturated heterocycles. The number of hydrogen-bond donors (Lipinski definition) is 3. The molecule has 0 aliphatic carbocycles. The molecule has 0 aliphatic rings. The van der Waals surface area contributed by atoms with E-state index in [9.17, 15) is 9.59 Å². The third-order valence-corrected chi connectivity index (χ3v) is 2.26. The summed E-state index contributed by atoms with van der Waals surface area (Å²) in [6.45, 7) is 5.75. The smallest absolute Gasteiger partial charge is 0.326 e. The van der Waals surface area contributed by atoms with E-state index in [-0.39, 0.29) is 11.8 Å². The van der Waals surface area contributed by atoms with Crippen LogP contribution in [0.3, 0.4) is 0 Å². The number of nitrogens with two attached hydrogens (primary N) is 1. The maximum absolute atomic E-state index is 11.5. The molecule has 0 bridgehead atoms. The molecular formula is C11H22N2O3. The number of amides is 1. The van der Waals surface area contributed by atoms with E-state index < -0.39 is 18.1 Å². The zero-order chi connectivity index (χ0) is 12.7. The molecule has 4 N–H and O–H groups in total.